The predicted molar refractivity (Wildman–Crippen MR) is 112 cm³/mol. The number of carboxylic acids is 1. The van der Waals surface area contributed by atoms with Gasteiger partial charge in [-0.05, 0) is 48.9 Å². The maximum atomic E-state index is 12.0. The van der Waals surface area contributed by atoms with Crippen LogP contribution >= 0.6 is 0 Å². The fourth-order valence-corrected chi connectivity index (χ4v) is 4.40. The Morgan fingerprint density at radius 3 is 2.40 bits per heavy atom. The third kappa shape index (κ3) is 3.20. The molecule has 0 amide bonds. The summed E-state index contributed by atoms with van der Waals surface area (Å²) in [5.74, 6) is 0.770. The first-order valence-corrected chi connectivity index (χ1v) is 10.3. The van der Waals surface area contributed by atoms with Gasteiger partial charge in [0.15, 0.2) is 17.3 Å². The highest BCUT2D eigenvalue weighted by molar-refractivity contribution is 6.01. The first kappa shape index (κ1) is 20.3. The molecule has 1 unspecified atom stereocenters. The number of carbonyl (C=O) groups excluding carboxylic acids is 1. The molecule has 1 N–H and O–H groups in total. The molecule has 2 aliphatic rings. The van der Waals surface area contributed by atoms with Crippen LogP contribution in [0.1, 0.15) is 48.5 Å². The van der Waals surface area contributed by atoms with Crippen LogP contribution in [-0.2, 0) is 11.2 Å². The molecule has 2 aliphatic carbocycles. The van der Waals surface area contributed by atoms with Crippen LogP contribution in [0, 0.1) is 5.41 Å². The van der Waals surface area contributed by atoms with Crippen molar-refractivity contribution in [2.24, 2.45) is 5.41 Å². The Morgan fingerprint density at radius 2 is 1.80 bits per heavy atom. The Bertz CT molecular complexity index is 1000. The zero-order valence-corrected chi connectivity index (χ0v) is 17.5. The topological polar surface area (TPSA) is 82.1 Å². The minimum atomic E-state index is -0.857. The Kier molecular flexibility index (Phi) is 5.18. The maximum absolute atomic E-state index is 12.0. The number of aryl methyl sites for hydroxylation is 1. The molecule has 0 aromatic heterocycles. The second-order valence-electron chi connectivity index (χ2n) is 7.95. The Balaban J connectivity index is 1.82. The summed E-state index contributed by atoms with van der Waals surface area (Å²) in [5.41, 5.74) is 2.62. The molecule has 4 rings (SSSR count). The monoisotopic (exact) mass is 410 g/mol. The highest BCUT2D eigenvalue weighted by Crippen LogP contribution is 2.53. The Morgan fingerprint density at radius 1 is 1.07 bits per heavy atom. The number of carboxylic acid groups (broad SMARTS) is 1. The molecular weight excluding hydrogens is 384 g/mol. The largest absolute Gasteiger partial charge is 0.493 e. The normalized spacial score (nSPS) is 17.2. The highest BCUT2D eigenvalue weighted by Gasteiger charge is 2.57. The lowest BCUT2D eigenvalue weighted by molar-refractivity contribution is -0.147. The zero-order valence-electron chi connectivity index (χ0n) is 17.5. The summed E-state index contributed by atoms with van der Waals surface area (Å²) in [7, 11) is 3.10. The van der Waals surface area contributed by atoms with Crippen molar-refractivity contribution in [2.75, 3.05) is 14.2 Å². The van der Waals surface area contributed by atoms with Crippen molar-refractivity contribution < 1.29 is 28.9 Å². The zero-order chi connectivity index (χ0) is 21.5. The van der Waals surface area contributed by atoms with E-state index < -0.39 is 17.5 Å². The average Bonchev–Trinajstić information content (AvgIpc) is 3.49. The predicted octanol–water partition coefficient (Wildman–Crippen LogP) is 4.52. The van der Waals surface area contributed by atoms with Gasteiger partial charge in [0.1, 0.15) is 11.5 Å². The van der Waals surface area contributed by atoms with Gasteiger partial charge < -0.3 is 19.3 Å². The van der Waals surface area contributed by atoms with Crippen LogP contribution in [0.25, 0.3) is 11.1 Å². The highest BCUT2D eigenvalue weighted by atomic mass is 16.5. The number of ether oxygens (including phenoxy) is 3. The lowest BCUT2D eigenvalue weighted by atomic mass is 9.96. The number of aliphatic carboxylic acids is 1. The minimum Gasteiger partial charge on any atom is -0.493 e. The first-order valence-electron chi connectivity index (χ1n) is 10.3. The van der Waals surface area contributed by atoms with Crippen LogP contribution in [0.5, 0.6) is 17.2 Å². The molecule has 158 valence electrons. The summed E-state index contributed by atoms with van der Waals surface area (Å²) >= 11 is 0. The molecule has 0 bridgehead atoms. The van der Waals surface area contributed by atoms with Crippen LogP contribution in [0.15, 0.2) is 30.3 Å². The number of rotatable bonds is 8. The van der Waals surface area contributed by atoms with Crippen molar-refractivity contribution in [2.45, 2.75) is 45.1 Å². The molecule has 0 spiro atoms. The van der Waals surface area contributed by atoms with E-state index in [2.05, 4.69) is 0 Å². The van der Waals surface area contributed by atoms with E-state index in [9.17, 15) is 14.7 Å². The molecule has 0 saturated heterocycles. The van der Waals surface area contributed by atoms with E-state index in [4.69, 9.17) is 14.2 Å². The quantitative estimate of drug-likeness (QED) is 0.689. The summed E-state index contributed by atoms with van der Waals surface area (Å²) in [5, 5.41) is 9.76. The smallest absolute Gasteiger partial charge is 0.313 e. The van der Waals surface area contributed by atoms with E-state index in [1.807, 2.05) is 37.3 Å². The van der Waals surface area contributed by atoms with E-state index in [1.54, 1.807) is 14.2 Å². The molecule has 2 aromatic rings. The number of carbonyl (C=O) groups is 2. The van der Waals surface area contributed by atoms with Gasteiger partial charge in [0.05, 0.1) is 14.2 Å². The standard InChI is InChI=1S/C24H26O6/c1-4-20(24(11-12-24)23(26)27)30-21-17(8-10-19(28-2)22(21)29-3)15-5-7-16-14(13-15)6-9-18(16)25/h5,7-8,10,13,20H,4,6,9,11-12H2,1-3H3,(H,26,27). The lowest BCUT2D eigenvalue weighted by Gasteiger charge is -2.27. The van der Waals surface area contributed by atoms with Gasteiger partial charge >= 0.3 is 5.97 Å². The molecular formula is C24H26O6. The number of hydrogen-bond donors (Lipinski definition) is 1. The number of Topliss-reactive ketones (excluding diaryl/α,β-unsaturated/α-hetero) is 1. The van der Waals surface area contributed by atoms with Crippen molar-refractivity contribution in [1.82, 2.24) is 0 Å². The third-order valence-corrected chi connectivity index (χ3v) is 6.30. The second kappa shape index (κ2) is 7.67. The van der Waals surface area contributed by atoms with Gasteiger partial charge in [0.25, 0.3) is 0 Å². The second-order valence-corrected chi connectivity index (χ2v) is 7.95. The number of benzene rings is 2. The molecule has 0 heterocycles. The molecule has 30 heavy (non-hydrogen) atoms. The summed E-state index contributed by atoms with van der Waals surface area (Å²) in [6.07, 6.45) is 2.54. The van der Waals surface area contributed by atoms with Crippen molar-refractivity contribution in [1.29, 1.82) is 0 Å². The number of ketones is 1. The van der Waals surface area contributed by atoms with Crippen LogP contribution in [0.2, 0.25) is 0 Å². The molecule has 1 fully saturated rings. The Labute approximate surface area is 175 Å². The van der Waals surface area contributed by atoms with E-state index in [1.165, 1.54) is 0 Å². The molecule has 6 nitrogen and oxygen atoms in total. The molecule has 6 heteroatoms. The number of fused-ring (bicyclic) bond motifs is 1. The van der Waals surface area contributed by atoms with Gasteiger partial charge in [0.2, 0.25) is 5.75 Å². The van der Waals surface area contributed by atoms with E-state index in [0.717, 1.165) is 28.7 Å². The van der Waals surface area contributed by atoms with Crippen molar-refractivity contribution in [3.63, 3.8) is 0 Å². The summed E-state index contributed by atoms with van der Waals surface area (Å²) < 4.78 is 17.5. The van der Waals surface area contributed by atoms with Crippen LogP contribution < -0.4 is 14.2 Å². The van der Waals surface area contributed by atoms with E-state index >= 15 is 0 Å². The lowest BCUT2D eigenvalue weighted by Crippen LogP contribution is -2.34. The van der Waals surface area contributed by atoms with Crippen LogP contribution in [0.4, 0.5) is 0 Å². The average molecular weight is 410 g/mol. The molecule has 2 aromatic carbocycles. The van der Waals surface area contributed by atoms with Crippen molar-refractivity contribution >= 4 is 11.8 Å². The van der Waals surface area contributed by atoms with Crippen LogP contribution in [0.3, 0.4) is 0 Å². The van der Waals surface area contributed by atoms with Crippen molar-refractivity contribution in [3.05, 3.63) is 41.5 Å². The summed E-state index contributed by atoms with van der Waals surface area (Å²) in [6, 6.07) is 9.48. The molecule has 1 saturated carbocycles. The van der Waals surface area contributed by atoms with E-state index in [0.29, 0.717) is 42.9 Å². The molecule has 1 atom stereocenters. The summed E-state index contributed by atoms with van der Waals surface area (Å²) in [6.45, 7) is 1.93. The fourth-order valence-electron chi connectivity index (χ4n) is 4.40. The third-order valence-electron chi connectivity index (χ3n) is 6.30. The fraction of sp³-hybridized carbons (Fsp3) is 0.417. The first-order chi connectivity index (χ1) is 14.4. The van der Waals surface area contributed by atoms with Gasteiger partial charge in [-0.15, -0.1) is 0 Å². The number of methoxy groups -OCH3 is 2. The van der Waals surface area contributed by atoms with Gasteiger partial charge in [-0.1, -0.05) is 25.1 Å². The van der Waals surface area contributed by atoms with Crippen LogP contribution in [-0.4, -0.2) is 37.2 Å². The Hall–Kier alpha value is -3.02. The van der Waals surface area contributed by atoms with Gasteiger partial charge in [-0.2, -0.15) is 0 Å². The van der Waals surface area contributed by atoms with E-state index in [-0.39, 0.29) is 5.78 Å². The number of hydrogen-bond acceptors (Lipinski definition) is 5. The summed E-state index contributed by atoms with van der Waals surface area (Å²) in [4.78, 5) is 23.9. The van der Waals surface area contributed by atoms with Gasteiger partial charge in [0, 0.05) is 17.5 Å². The maximum Gasteiger partial charge on any atom is 0.313 e. The van der Waals surface area contributed by atoms with Gasteiger partial charge in [-0.25, -0.2) is 0 Å². The molecule has 0 radical (unpaired) electrons. The van der Waals surface area contributed by atoms with Gasteiger partial charge in [-0.3, -0.25) is 9.59 Å². The SMILES string of the molecule is CCC(Oc1c(-c2ccc3c(c2)CCC3=O)ccc(OC)c1OC)C1(C(=O)O)CC1. The molecule has 0 aliphatic heterocycles. The minimum absolute atomic E-state index is 0.170. The van der Waals surface area contributed by atoms with Crippen molar-refractivity contribution in [3.8, 4) is 28.4 Å².